The molecule has 0 fully saturated rings. The maximum Gasteiger partial charge on any atom is 0.295 e. The summed E-state index contributed by atoms with van der Waals surface area (Å²) in [5, 5.41) is 5.88. The standard InChI is InChI=1S/C14H20N4O2/c1-14(2,3)18-12(19)6-7-16-13-17-10-5-4-9(15)8-11(10)20-13/h4-5,8H,6-7,15H2,1-3H3,(H,16,17)(H,18,19). The van der Waals surface area contributed by atoms with E-state index in [1.807, 2.05) is 20.8 Å². The predicted molar refractivity (Wildman–Crippen MR) is 79.4 cm³/mol. The van der Waals surface area contributed by atoms with Crippen molar-refractivity contribution in [1.29, 1.82) is 0 Å². The smallest absolute Gasteiger partial charge is 0.295 e. The number of amides is 1. The van der Waals surface area contributed by atoms with E-state index in [1.54, 1.807) is 18.2 Å². The van der Waals surface area contributed by atoms with Crippen LogP contribution in [0, 0.1) is 0 Å². The van der Waals surface area contributed by atoms with Gasteiger partial charge in [-0.15, -0.1) is 0 Å². The fraction of sp³-hybridized carbons (Fsp3) is 0.429. The van der Waals surface area contributed by atoms with Gasteiger partial charge in [-0.3, -0.25) is 4.79 Å². The quantitative estimate of drug-likeness (QED) is 0.744. The summed E-state index contributed by atoms with van der Waals surface area (Å²) >= 11 is 0. The number of nitrogen functional groups attached to an aromatic ring is 1. The Hall–Kier alpha value is -2.24. The van der Waals surface area contributed by atoms with Crippen LogP contribution in [0.5, 0.6) is 0 Å². The maximum atomic E-state index is 11.6. The van der Waals surface area contributed by atoms with Crippen LogP contribution in [-0.2, 0) is 4.79 Å². The molecule has 0 spiro atoms. The summed E-state index contributed by atoms with van der Waals surface area (Å²) < 4.78 is 5.50. The number of benzene rings is 1. The number of aromatic nitrogens is 1. The largest absolute Gasteiger partial charge is 0.423 e. The molecule has 1 aromatic carbocycles. The first-order chi connectivity index (χ1) is 9.33. The molecule has 1 heterocycles. The van der Waals surface area contributed by atoms with Gasteiger partial charge in [0.1, 0.15) is 5.52 Å². The molecule has 0 aliphatic heterocycles. The van der Waals surface area contributed by atoms with Crippen molar-refractivity contribution in [3.63, 3.8) is 0 Å². The van der Waals surface area contributed by atoms with Crippen molar-refractivity contribution in [2.45, 2.75) is 32.7 Å². The first kappa shape index (κ1) is 14.2. The Morgan fingerprint density at radius 3 is 2.85 bits per heavy atom. The highest BCUT2D eigenvalue weighted by Crippen LogP contribution is 2.20. The van der Waals surface area contributed by atoms with Gasteiger partial charge in [0.15, 0.2) is 5.58 Å². The average molecular weight is 276 g/mol. The Morgan fingerprint density at radius 1 is 1.40 bits per heavy atom. The molecule has 6 heteroatoms. The second kappa shape index (κ2) is 5.40. The third kappa shape index (κ3) is 3.88. The molecule has 0 aliphatic carbocycles. The summed E-state index contributed by atoms with van der Waals surface area (Å²) in [5.41, 5.74) is 7.45. The van der Waals surface area contributed by atoms with E-state index in [0.29, 0.717) is 30.3 Å². The molecular formula is C14H20N4O2. The van der Waals surface area contributed by atoms with E-state index in [0.717, 1.165) is 5.52 Å². The van der Waals surface area contributed by atoms with E-state index < -0.39 is 0 Å². The molecule has 20 heavy (non-hydrogen) atoms. The molecule has 6 nitrogen and oxygen atoms in total. The minimum atomic E-state index is -0.216. The molecule has 1 aromatic heterocycles. The van der Waals surface area contributed by atoms with E-state index in [9.17, 15) is 4.79 Å². The first-order valence-corrected chi connectivity index (χ1v) is 6.54. The predicted octanol–water partition coefficient (Wildman–Crippen LogP) is 2.13. The summed E-state index contributed by atoms with van der Waals surface area (Å²) in [6.07, 6.45) is 0.359. The molecule has 0 saturated carbocycles. The molecule has 0 atom stereocenters. The highest BCUT2D eigenvalue weighted by Gasteiger charge is 2.13. The number of oxazole rings is 1. The van der Waals surface area contributed by atoms with E-state index in [-0.39, 0.29) is 11.4 Å². The molecule has 0 radical (unpaired) electrons. The summed E-state index contributed by atoms with van der Waals surface area (Å²) in [6.45, 7) is 6.31. The van der Waals surface area contributed by atoms with Gasteiger partial charge < -0.3 is 20.8 Å². The monoisotopic (exact) mass is 276 g/mol. The van der Waals surface area contributed by atoms with Crippen molar-refractivity contribution in [2.24, 2.45) is 0 Å². The van der Waals surface area contributed by atoms with Gasteiger partial charge in [0, 0.05) is 30.3 Å². The Morgan fingerprint density at radius 2 is 2.15 bits per heavy atom. The number of rotatable bonds is 4. The van der Waals surface area contributed by atoms with Crippen molar-refractivity contribution in [2.75, 3.05) is 17.6 Å². The molecule has 108 valence electrons. The van der Waals surface area contributed by atoms with Crippen molar-refractivity contribution in [3.8, 4) is 0 Å². The van der Waals surface area contributed by atoms with E-state index in [1.165, 1.54) is 0 Å². The zero-order chi connectivity index (χ0) is 14.8. The Labute approximate surface area is 117 Å². The molecule has 1 amide bonds. The van der Waals surface area contributed by atoms with E-state index >= 15 is 0 Å². The molecule has 0 unspecified atom stereocenters. The molecule has 4 N–H and O–H groups in total. The lowest BCUT2D eigenvalue weighted by Crippen LogP contribution is -2.41. The molecule has 0 bridgehead atoms. The van der Waals surface area contributed by atoms with Crippen LogP contribution in [0.1, 0.15) is 27.2 Å². The van der Waals surface area contributed by atoms with Crippen molar-refractivity contribution in [1.82, 2.24) is 10.3 Å². The Bertz CT molecular complexity index is 613. The SMILES string of the molecule is CC(C)(C)NC(=O)CCNc1nc2ccc(N)cc2o1. The third-order valence-electron chi connectivity index (χ3n) is 2.56. The minimum Gasteiger partial charge on any atom is -0.423 e. The van der Waals surface area contributed by atoms with Gasteiger partial charge in [0.2, 0.25) is 5.91 Å². The first-order valence-electron chi connectivity index (χ1n) is 6.54. The van der Waals surface area contributed by atoms with Gasteiger partial charge in [-0.05, 0) is 32.9 Å². The number of hydrogen-bond donors (Lipinski definition) is 3. The number of carbonyl (C=O) groups excluding carboxylic acids is 1. The van der Waals surface area contributed by atoms with Crippen LogP contribution >= 0.6 is 0 Å². The Kier molecular flexibility index (Phi) is 3.83. The van der Waals surface area contributed by atoms with Gasteiger partial charge in [-0.1, -0.05) is 0 Å². The number of anilines is 2. The average Bonchev–Trinajstić information content (AvgIpc) is 2.68. The molecule has 2 rings (SSSR count). The number of fused-ring (bicyclic) bond motifs is 1. The maximum absolute atomic E-state index is 11.6. The van der Waals surface area contributed by atoms with Crippen molar-refractivity contribution < 1.29 is 9.21 Å². The number of nitrogens with one attached hydrogen (secondary N) is 2. The van der Waals surface area contributed by atoms with Gasteiger partial charge >= 0.3 is 0 Å². The van der Waals surface area contributed by atoms with Crippen LogP contribution in [0.3, 0.4) is 0 Å². The second-order valence-electron chi connectivity index (χ2n) is 5.72. The van der Waals surface area contributed by atoms with Crippen LogP contribution in [0.4, 0.5) is 11.7 Å². The van der Waals surface area contributed by atoms with Gasteiger partial charge in [-0.2, -0.15) is 4.98 Å². The van der Waals surface area contributed by atoms with Crippen molar-refractivity contribution in [3.05, 3.63) is 18.2 Å². The lowest BCUT2D eigenvalue weighted by atomic mass is 10.1. The normalized spacial score (nSPS) is 11.6. The van der Waals surface area contributed by atoms with Crippen molar-refractivity contribution >= 4 is 28.7 Å². The lowest BCUT2D eigenvalue weighted by Gasteiger charge is -2.20. The van der Waals surface area contributed by atoms with E-state index in [4.69, 9.17) is 10.2 Å². The number of carbonyl (C=O) groups is 1. The zero-order valence-corrected chi connectivity index (χ0v) is 12.0. The number of hydrogen-bond acceptors (Lipinski definition) is 5. The third-order valence-corrected chi connectivity index (χ3v) is 2.56. The number of nitrogens with two attached hydrogens (primary N) is 1. The van der Waals surface area contributed by atoms with Gasteiger partial charge in [-0.25, -0.2) is 0 Å². The molecule has 0 aliphatic rings. The highest BCUT2D eigenvalue weighted by atomic mass is 16.4. The van der Waals surface area contributed by atoms with E-state index in [2.05, 4.69) is 15.6 Å². The minimum absolute atomic E-state index is 0.00893. The van der Waals surface area contributed by atoms with Crippen LogP contribution in [0.15, 0.2) is 22.6 Å². The summed E-state index contributed by atoms with van der Waals surface area (Å²) in [4.78, 5) is 15.9. The van der Waals surface area contributed by atoms with Crippen LogP contribution in [0.2, 0.25) is 0 Å². The van der Waals surface area contributed by atoms with Crippen LogP contribution in [-0.4, -0.2) is 23.0 Å². The fourth-order valence-corrected chi connectivity index (χ4v) is 1.78. The Balaban J connectivity index is 1.88. The second-order valence-corrected chi connectivity index (χ2v) is 5.72. The molecule has 0 saturated heterocycles. The van der Waals surface area contributed by atoms with Gasteiger partial charge in [0.05, 0.1) is 0 Å². The molecular weight excluding hydrogens is 256 g/mol. The summed E-state index contributed by atoms with van der Waals surface area (Å²) in [7, 11) is 0. The summed E-state index contributed by atoms with van der Waals surface area (Å²) in [5.74, 6) is -0.00893. The molecule has 2 aromatic rings. The fourth-order valence-electron chi connectivity index (χ4n) is 1.78. The van der Waals surface area contributed by atoms with Crippen LogP contribution in [0.25, 0.3) is 11.1 Å². The topological polar surface area (TPSA) is 93.2 Å². The highest BCUT2D eigenvalue weighted by molar-refractivity contribution is 5.78. The number of nitrogens with zero attached hydrogens (tertiary/aromatic N) is 1. The lowest BCUT2D eigenvalue weighted by molar-refractivity contribution is -0.122. The summed E-state index contributed by atoms with van der Waals surface area (Å²) in [6, 6.07) is 5.69. The zero-order valence-electron chi connectivity index (χ0n) is 12.0. The van der Waals surface area contributed by atoms with Crippen LogP contribution < -0.4 is 16.4 Å². The van der Waals surface area contributed by atoms with Gasteiger partial charge in [0.25, 0.3) is 6.01 Å².